The Bertz CT molecular complexity index is 1640. The standard InChI is InChI=1S/C29H22N4O2/c1-17-6-5-7-18(2)26(17)28(34)31-22-12-10-19(11-13-22)27-23(16-30-33-27)29-32-24-14-20-8-3-4-9-21(20)15-25(24)35-29/h3-16H,1-2H3,(H,30,33)(H,31,34). The molecule has 4 aromatic carbocycles. The SMILES string of the molecule is Cc1cccc(C)c1C(=O)Nc1ccc(-c2n[nH]cc2-c2nc3cc4ccccc4cc3o2)cc1. The lowest BCUT2D eigenvalue weighted by molar-refractivity contribution is 0.102. The molecule has 0 fully saturated rings. The predicted octanol–water partition coefficient (Wildman–Crippen LogP) is 6.91. The highest BCUT2D eigenvalue weighted by Crippen LogP contribution is 2.33. The van der Waals surface area contributed by atoms with Crippen LogP contribution in [0.4, 0.5) is 5.69 Å². The number of anilines is 1. The summed E-state index contributed by atoms with van der Waals surface area (Å²) in [6.45, 7) is 3.89. The third kappa shape index (κ3) is 3.75. The number of aromatic amines is 1. The molecule has 1 amide bonds. The third-order valence-electron chi connectivity index (χ3n) is 6.25. The van der Waals surface area contributed by atoms with Gasteiger partial charge in [-0.3, -0.25) is 9.89 Å². The third-order valence-corrected chi connectivity index (χ3v) is 6.25. The number of oxazole rings is 1. The van der Waals surface area contributed by atoms with Gasteiger partial charge in [-0.25, -0.2) is 4.98 Å². The number of aryl methyl sites for hydroxylation is 2. The first-order chi connectivity index (χ1) is 17.1. The van der Waals surface area contributed by atoms with Gasteiger partial charge in [-0.15, -0.1) is 0 Å². The van der Waals surface area contributed by atoms with Crippen molar-refractivity contribution < 1.29 is 9.21 Å². The first kappa shape index (κ1) is 20.9. The van der Waals surface area contributed by atoms with Gasteiger partial charge in [0, 0.05) is 23.0 Å². The van der Waals surface area contributed by atoms with Crippen LogP contribution >= 0.6 is 0 Å². The summed E-state index contributed by atoms with van der Waals surface area (Å²) in [4.78, 5) is 17.5. The lowest BCUT2D eigenvalue weighted by atomic mass is 10.0. The fraction of sp³-hybridized carbons (Fsp3) is 0.0690. The van der Waals surface area contributed by atoms with Crippen molar-refractivity contribution >= 4 is 33.5 Å². The summed E-state index contributed by atoms with van der Waals surface area (Å²) in [5.41, 5.74) is 7.25. The number of hydrogen-bond donors (Lipinski definition) is 2. The van der Waals surface area contributed by atoms with E-state index in [4.69, 9.17) is 9.40 Å². The fourth-order valence-corrected chi connectivity index (χ4v) is 4.48. The van der Waals surface area contributed by atoms with Crippen LogP contribution in [0.2, 0.25) is 0 Å². The number of nitrogens with one attached hydrogen (secondary N) is 2. The molecule has 0 radical (unpaired) electrons. The number of H-pyrrole nitrogens is 1. The van der Waals surface area contributed by atoms with E-state index in [0.717, 1.165) is 49.8 Å². The fourth-order valence-electron chi connectivity index (χ4n) is 4.48. The Balaban J connectivity index is 1.29. The summed E-state index contributed by atoms with van der Waals surface area (Å²) in [5.74, 6) is 0.388. The van der Waals surface area contributed by atoms with Crippen LogP contribution in [0.1, 0.15) is 21.5 Å². The zero-order valence-electron chi connectivity index (χ0n) is 19.3. The van der Waals surface area contributed by atoms with Gasteiger partial charge in [0.2, 0.25) is 5.89 Å². The molecule has 0 unspecified atom stereocenters. The van der Waals surface area contributed by atoms with Crippen molar-refractivity contribution in [3.05, 3.63) is 102 Å². The molecule has 0 bridgehead atoms. The summed E-state index contributed by atoms with van der Waals surface area (Å²) in [5, 5.41) is 12.6. The molecule has 2 aromatic heterocycles. The minimum atomic E-state index is -0.118. The predicted molar refractivity (Wildman–Crippen MR) is 138 cm³/mol. The molecule has 6 nitrogen and oxygen atoms in total. The molecule has 0 spiro atoms. The van der Waals surface area contributed by atoms with Crippen molar-refractivity contribution in [1.82, 2.24) is 15.2 Å². The number of aromatic nitrogens is 3. The first-order valence-corrected chi connectivity index (χ1v) is 11.4. The lowest BCUT2D eigenvalue weighted by Crippen LogP contribution is -2.14. The molecule has 6 heteroatoms. The number of carbonyl (C=O) groups is 1. The summed E-state index contributed by atoms with van der Waals surface area (Å²) < 4.78 is 6.10. The highest BCUT2D eigenvalue weighted by molar-refractivity contribution is 6.06. The van der Waals surface area contributed by atoms with Crippen LogP contribution in [0.25, 0.3) is 44.6 Å². The topological polar surface area (TPSA) is 83.8 Å². The van der Waals surface area contributed by atoms with Crippen molar-refractivity contribution in [2.75, 3.05) is 5.32 Å². The molecular formula is C29H22N4O2. The van der Waals surface area contributed by atoms with Gasteiger partial charge < -0.3 is 9.73 Å². The van der Waals surface area contributed by atoms with Crippen molar-refractivity contribution in [2.45, 2.75) is 13.8 Å². The van der Waals surface area contributed by atoms with Gasteiger partial charge in [0.05, 0.1) is 5.56 Å². The van der Waals surface area contributed by atoms with Crippen LogP contribution in [-0.2, 0) is 0 Å². The number of benzene rings is 4. The van der Waals surface area contributed by atoms with Crippen LogP contribution in [0.15, 0.2) is 89.5 Å². The largest absolute Gasteiger partial charge is 0.436 e. The Morgan fingerprint density at radius 1 is 0.886 bits per heavy atom. The summed E-state index contributed by atoms with van der Waals surface area (Å²) in [6.07, 6.45) is 1.79. The molecule has 170 valence electrons. The summed E-state index contributed by atoms with van der Waals surface area (Å²) in [6, 6.07) is 25.6. The number of amides is 1. The molecule has 6 aromatic rings. The van der Waals surface area contributed by atoms with Gasteiger partial charge in [0.25, 0.3) is 5.91 Å². The molecule has 6 rings (SSSR count). The van der Waals surface area contributed by atoms with Crippen molar-refractivity contribution in [2.24, 2.45) is 0 Å². The van der Waals surface area contributed by atoms with E-state index in [1.807, 2.05) is 80.6 Å². The van der Waals surface area contributed by atoms with E-state index in [1.54, 1.807) is 6.20 Å². The van der Waals surface area contributed by atoms with Crippen molar-refractivity contribution in [3.63, 3.8) is 0 Å². The van der Waals surface area contributed by atoms with E-state index in [2.05, 4.69) is 27.6 Å². The zero-order valence-corrected chi connectivity index (χ0v) is 19.3. The van der Waals surface area contributed by atoms with Crippen molar-refractivity contribution in [1.29, 1.82) is 0 Å². The molecule has 35 heavy (non-hydrogen) atoms. The number of fused-ring (bicyclic) bond motifs is 2. The average molecular weight is 459 g/mol. The monoisotopic (exact) mass is 458 g/mol. The maximum atomic E-state index is 12.8. The number of hydrogen-bond acceptors (Lipinski definition) is 4. The summed E-state index contributed by atoms with van der Waals surface area (Å²) in [7, 11) is 0. The van der Waals surface area contributed by atoms with E-state index in [-0.39, 0.29) is 5.91 Å². The molecule has 0 atom stereocenters. The van der Waals surface area contributed by atoms with E-state index in [0.29, 0.717) is 17.1 Å². The number of nitrogens with zero attached hydrogens (tertiary/aromatic N) is 2. The van der Waals surface area contributed by atoms with Crippen LogP contribution in [-0.4, -0.2) is 21.1 Å². The molecule has 2 N–H and O–H groups in total. The van der Waals surface area contributed by atoms with Crippen LogP contribution < -0.4 is 5.32 Å². The van der Waals surface area contributed by atoms with E-state index >= 15 is 0 Å². The second kappa shape index (κ2) is 8.25. The Labute approximate surface area is 201 Å². The van der Waals surface area contributed by atoms with Gasteiger partial charge >= 0.3 is 0 Å². The first-order valence-electron chi connectivity index (χ1n) is 11.4. The average Bonchev–Trinajstić information content (AvgIpc) is 3.50. The summed E-state index contributed by atoms with van der Waals surface area (Å²) >= 11 is 0. The molecule has 0 aliphatic carbocycles. The maximum absolute atomic E-state index is 12.8. The van der Waals surface area contributed by atoms with Crippen LogP contribution in [0, 0.1) is 13.8 Å². The van der Waals surface area contributed by atoms with Crippen LogP contribution in [0.5, 0.6) is 0 Å². The van der Waals surface area contributed by atoms with E-state index in [9.17, 15) is 4.79 Å². The number of carbonyl (C=O) groups excluding carboxylic acids is 1. The second-order valence-corrected chi connectivity index (χ2v) is 8.63. The second-order valence-electron chi connectivity index (χ2n) is 8.63. The van der Waals surface area contributed by atoms with Crippen LogP contribution in [0.3, 0.4) is 0 Å². The zero-order chi connectivity index (χ0) is 23.9. The quantitative estimate of drug-likeness (QED) is 0.301. The molecule has 0 aliphatic heterocycles. The molecular weight excluding hydrogens is 436 g/mol. The van der Waals surface area contributed by atoms with Gasteiger partial charge in [-0.05, 0) is 60.0 Å². The van der Waals surface area contributed by atoms with Gasteiger partial charge in [-0.1, -0.05) is 54.6 Å². The molecule has 2 heterocycles. The molecule has 0 aliphatic rings. The van der Waals surface area contributed by atoms with Gasteiger partial charge in [0.1, 0.15) is 11.2 Å². The lowest BCUT2D eigenvalue weighted by Gasteiger charge is -2.11. The van der Waals surface area contributed by atoms with E-state index < -0.39 is 0 Å². The highest BCUT2D eigenvalue weighted by atomic mass is 16.3. The molecule has 0 saturated heterocycles. The van der Waals surface area contributed by atoms with E-state index in [1.165, 1.54) is 0 Å². The Kier molecular flexibility index (Phi) is 4.92. The minimum Gasteiger partial charge on any atom is -0.436 e. The van der Waals surface area contributed by atoms with Gasteiger partial charge in [0.15, 0.2) is 5.58 Å². The Morgan fingerprint density at radius 2 is 1.60 bits per heavy atom. The normalized spacial score (nSPS) is 11.3. The highest BCUT2D eigenvalue weighted by Gasteiger charge is 2.17. The Hall–Kier alpha value is -4.71. The Morgan fingerprint density at radius 3 is 2.34 bits per heavy atom. The van der Waals surface area contributed by atoms with Gasteiger partial charge in [-0.2, -0.15) is 5.10 Å². The van der Waals surface area contributed by atoms with Crippen molar-refractivity contribution in [3.8, 4) is 22.7 Å². The number of rotatable bonds is 4. The smallest absolute Gasteiger partial charge is 0.256 e. The molecule has 0 saturated carbocycles. The maximum Gasteiger partial charge on any atom is 0.256 e. The minimum absolute atomic E-state index is 0.118.